The van der Waals surface area contributed by atoms with Crippen LogP contribution in [0.15, 0.2) is 35.9 Å². The molecule has 0 saturated heterocycles. The highest BCUT2D eigenvalue weighted by Crippen LogP contribution is 2.59. The van der Waals surface area contributed by atoms with Crippen LogP contribution in [-0.4, -0.2) is 17.4 Å². The van der Waals surface area contributed by atoms with Gasteiger partial charge in [0.05, 0.1) is 5.92 Å². The maximum atomic E-state index is 12.6. The van der Waals surface area contributed by atoms with Crippen molar-refractivity contribution in [2.24, 2.45) is 17.3 Å². The Labute approximate surface area is 151 Å². The molecule has 4 heteroatoms. The Balaban J connectivity index is 2.01. The third kappa shape index (κ3) is 4.71. The fourth-order valence-electron chi connectivity index (χ4n) is 3.19. The summed E-state index contributed by atoms with van der Waals surface area (Å²) in [6.45, 7) is 14.2. The van der Waals surface area contributed by atoms with Gasteiger partial charge in [-0.15, -0.1) is 0 Å². The summed E-state index contributed by atoms with van der Waals surface area (Å²) in [4.78, 5) is 24.7. The molecule has 2 rings (SSSR count). The molecule has 1 fully saturated rings. The molecule has 0 aliphatic heterocycles. The fourth-order valence-corrected chi connectivity index (χ4v) is 3.19. The molecule has 0 bridgehead atoms. The van der Waals surface area contributed by atoms with E-state index in [1.807, 2.05) is 20.8 Å². The van der Waals surface area contributed by atoms with Crippen LogP contribution in [-0.2, 0) is 4.79 Å². The van der Waals surface area contributed by atoms with Gasteiger partial charge in [-0.05, 0) is 70.2 Å². The number of amides is 2. The van der Waals surface area contributed by atoms with Crippen molar-refractivity contribution in [3.05, 3.63) is 41.5 Å². The summed E-state index contributed by atoms with van der Waals surface area (Å²) < 4.78 is 0. The van der Waals surface area contributed by atoms with Crippen molar-refractivity contribution in [2.75, 3.05) is 5.32 Å². The predicted octanol–water partition coefficient (Wildman–Crippen LogP) is 4.39. The molecule has 2 atom stereocenters. The zero-order chi connectivity index (χ0) is 19.0. The lowest BCUT2D eigenvalue weighted by Gasteiger charge is -2.20. The number of rotatable bonds is 4. The average molecular weight is 342 g/mol. The Hall–Kier alpha value is -2.10. The van der Waals surface area contributed by atoms with Gasteiger partial charge in [0.25, 0.3) is 5.91 Å². The van der Waals surface area contributed by atoms with Crippen LogP contribution < -0.4 is 10.6 Å². The highest BCUT2D eigenvalue weighted by molar-refractivity contribution is 5.97. The number of hydrogen-bond donors (Lipinski definition) is 2. The van der Waals surface area contributed by atoms with E-state index in [2.05, 4.69) is 44.4 Å². The topological polar surface area (TPSA) is 58.2 Å². The maximum absolute atomic E-state index is 12.6. The van der Waals surface area contributed by atoms with Crippen LogP contribution in [0.4, 0.5) is 5.69 Å². The van der Waals surface area contributed by atoms with E-state index < -0.39 is 0 Å². The second kappa shape index (κ2) is 6.66. The highest BCUT2D eigenvalue weighted by atomic mass is 16.2. The molecule has 0 spiro atoms. The van der Waals surface area contributed by atoms with Gasteiger partial charge < -0.3 is 10.6 Å². The number of anilines is 1. The van der Waals surface area contributed by atoms with Crippen molar-refractivity contribution in [1.82, 2.24) is 5.32 Å². The van der Waals surface area contributed by atoms with E-state index in [4.69, 9.17) is 0 Å². The molecular formula is C21H30N2O2. The summed E-state index contributed by atoms with van der Waals surface area (Å²) in [5.41, 5.74) is 2.26. The lowest BCUT2D eigenvalue weighted by molar-refractivity contribution is -0.118. The van der Waals surface area contributed by atoms with Crippen LogP contribution in [0, 0.1) is 17.3 Å². The maximum Gasteiger partial charge on any atom is 0.251 e. The SMILES string of the molecule is CC(C)=C[C@@H]1[C@H](C(=O)Nc2ccc(C(=O)NC(C)(C)C)cc2)C1(C)C. The number of carbonyl (C=O) groups is 2. The Bertz CT molecular complexity index is 690. The summed E-state index contributed by atoms with van der Waals surface area (Å²) in [5, 5.41) is 5.90. The smallest absolute Gasteiger partial charge is 0.251 e. The van der Waals surface area contributed by atoms with Gasteiger partial charge in [-0.1, -0.05) is 25.5 Å². The normalized spacial score (nSPS) is 21.2. The number of nitrogens with one attached hydrogen (secondary N) is 2. The summed E-state index contributed by atoms with van der Waals surface area (Å²) in [7, 11) is 0. The first-order valence-corrected chi connectivity index (χ1v) is 8.80. The van der Waals surface area contributed by atoms with Crippen LogP contribution in [0.3, 0.4) is 0 Å². The molecule has 25 heavy (non-hydrogen) atoms. The molecule has 0 aromatic heterocycles. The summed E-state index contributed by atoms with van der Waals surface area (Å²) in [6.07, 6.45) is 2.18. The Kier molecular flexibility index (Phi) is 5.12. The lowest BCUT2D eigenvalue weighted by Crippen LogP contribution is -2.40. The van der Waals surface area contributed by atoms with E-state index >= 15 is 0 Å². The number of allylic oxidation sites excluding steroid dienone is 2. The molecular weight excluding hydrogens is 312 g/mol. The van der Waals surface area contributed by atoms with Gasteiger partial charge in [0.2, 0.25) is 5.91 Å². The van der Waals surface area contributed by atoms with Gasteiger partial charge in [-0.2, -0.15) is 0 Å². The molecule has 0 radical (unpaired) electrons. The average Bonchev–Trinajstić information content (AvgIpc) is 2.97. The van der Waals surface area contributed by atoms with Crippen molar-refractivity contribution in [2.45, 2.75) is 54.0 Å². The molecule has 1 aliphatic rings. The van der Waals surface area contributed by atoms with Crippen LogP contribution in [0.25, 0.3) is 0 Å². The minimum absolute atomic E-state index is 0.00606. The molecule has 1 saturated carbocycles. The van der Waals surface area contributed by atoms with E-state index in [0.29, 0.717) is 5.56 Å². The second-order valence-corrected chi connectivity index (χ2v) is 8.84. The summed E-state index contributed by atoms with van der Waals surface area (Å²) in [5.74, 6) is 0.206. The molecule has 4 nitrogen and oxygen atoms in total. The van der Waals surface area contributed by atoms with Crippen molar-refractivity contribution < 1.29 is 9.59 Å². The van der Waals surface area contributed by atoms with Crippen molar-refractivity contribution in [3.63, 3.8) is 0 Å². The first kappa shape index (κ1) is 19.2. The van der Waals surface area contributed by atoms with Gasteiger partial charge in [-0.25, -0.2) is 0 Å². The Morgan fingerprint density at radius 1 is 1.08 bits per heavy atom. The predicted molar refractivity (Wildman–Crippen MR) is 102 cm³/mol. The minimum Gasteiger partial charge on any atom is -0.347 e. The summed E-state index contributed by atoms with van der Waals surface area (Å²) >= 11 is 0. The zero-order valence-corrected chi connectivity index (χ0v) is 16.4. The molecule has 2 amide bonds. The van der Waals surface area contributed by atoms with Crippen molar-refractivity contribution >= 4 is 17.5 Å². The molecule has 1 aromatic rings. The standard InChI is InChI=1S/C21H30N2O2/c1-13(2)12-16-17(21(16,6)7)19(25)22-15-10-8-14(9-11-15)18(24)23-20(3,4)5/h8-12,16-17H,1-7H3,(H,22,25)(H,23,24)/t16-,17-/m1/s1. The number of hydrogen-bond acceptors (Lipinski definition) is 2. The van der Waals surface area contributed by atoms with Gasteiger partial charge in [0, 0.05) is 16.8 Å². The van der Waals surface area contributed by atoms with Gasteiger partial charge >= 0.3 is 0 Å². The van der Waals surface area contributed by atoms with E-state index in [9.17, 15) is 9.59 Å². The van der Waals surface area contributed by atoms with Crippen LogP contribution in [0.5, 0.6) is 0 Å². The third-order valence-corrected chi connectivity index (χ3v) is 4.61. The Morgan fingerprint density at radius 2 is 1.64 bits per heavy atom. The summed E-state index contributed by atoms with van der Waals surface area (Å²) in [6, 6.07) is 7.03. The minimum atomic E-state index is -0.276. The monoisotopic (exact) mass is 342 g/mol. The first-order valence-electron chi connectivity index (χ1n) is 8.80. The molecule has 0 unspecified atom stereocenters. The van der Waals surface area contributed by atoms with E-state index in [0.717, 1.165) is 5.69 Å². The van der Waals surface area contributed by atoms with Gasteiger partial charge in [0.15, 0.2) is 0 Å². The number of carbonyl (C=O) groups excluding carboxylic acids is 2. The van der Waals surface area contributed by atoms with E-state index in [1.165, 1.54) is 5.57 Å². The van der Waals surface area contributed by atoms with E-state index in [-0.39, 0.29) is 34.6 Å². The molecule has 136 valence electrons. The Morgan fingerprint density at radius 3 is 2.12 bits per heavy atom. The first-order chi connectivity index (χ1) is 11.4. The largest absolute Gasteiger partial charge is 0.347 e. The van der Waals surface area contributed by atoms with Crippen molar-refractivity contribution in [1.29, 1.82) is 0 Å². The highest BCUT2D eigenvalue weighted by Gasteiger charge is 2.60. The van der Waals surface area contributed by atoms with Gasteiger partial charge in [0.1, 0.15) is 0 Å². The van der Waals surface area contributed by atoms with Crippen LogP contribution in [0.1, 0.15) is 58.8 Å². The molecule has 2 N–H and O–H groups in total. The third-order valence-electron chi connectivity index (χ3n) is 4.61. The lowest BCUT2D eigenvalue weighted by atomic mass is 10.1. The van der Waals surface area contributed by atoms with E-state index in [1.54, 1.807) is 24.3 Å². The van der Waals surface area contributed by atoms with Crippen molar-refractivity contribution in [3.8, 4) is 0 Å². The van der Waals surface area contributed by atoms with Gasteiger partial charge in [-0.3, -0.25) is 9.59 Å². The molecule has 1 aromatic carbocycles. The molecule has 0 heterocycles. The zero-order valence-electron chi connectivity index (χ0n) is 16.4. The quantitative estimate of drug-likeness (QED) is 0.797. The van der Waals surface area contributed by atoms with Crippen LogP contribution >= 0.6 is 0 Å². The second-order valence-electron chi connectivity index (χ2n) is 8.84. The fraction of sp³-hybridized carbons (Fsp3) is 0.524. The van der Waals surface area contributed by atoms with Crippen LogP contribution in [0.2, 0.25) is 0 Å². The number of benzene rings is 1. The molecule has 1 aliphatic carbocycles.